The molecule has 0 saturated carbocycles. The first-order chi connectivity index (χ1) is 18.3. The lowest BCUT2D eigenvalue weighted by Gasteiger charge is -2.41. The van der Waals surface area contributed by atoms with Crippen LogP contribution in [0.15, 0.2) is 53.6 Å². The fraction of sp³-hybridized carbons (Fsp3) is 0.375. The maximum Gasteiger partial charge on any atom is 0.427 e. The Morgan fingerprint density at radius 1 is 1.10 bits per heavy atom. The zero-order chi connectivity index (χ0) is 28.8. The third-order valence-corrected chi connectivity index (χ3v) is 5.66. The maximum absolute atomic E-state index is 13.2. The van der Waals surface area contributed by atoms with Crippen LogP contribution < -0.4 is 16.5 Å². The highest BCUT2D eigenvalue weighted by Gasteiger charge is 2.38. The molecule has 0 spiro atoms. The number of carbonyl (C=O) groups excluding carboxylic acids is 2. The minimum absolute atomic E-state index is 0.0369. The van der Waals surface area contributed by atoms with Crippen LogP contribution in [0.4, 0.5) is 31.1 Å². The number of hydrogen-bond acceptors (Lipinski definition) is 6. The number of methoxy groups -OCH3 is 1. The molecule has 1 saturated heterocycles. The van der Waals surface area contributed by atoms with E-state index in [1.807, 2.05) is 0 Å². The van der Waals surface area contributed by atoms with E-state index in [0.29, 0.717) is 12.1 Å². The molecule has 1 aliphatic heterocycles. The van der Waals surface area contributed by atoms with Crippen LogP contribution in [0.3, 0.4) is 0 Å². The molecule has 3 rings (SSSR count). The van der Waals surface area contributed by atoms with Crippen LogP contribution in [-0.2, 0) is 33.2 Å². The average molecular weight is 561 g/mol. The fourth-order valence-corrected chi connectivity index (χ4v) is 4.06. The van der Waals surface area contributed by atoms with Crippen molar-refractivity contribution < 1.29 is 45.4 Å². The van der Waals surface area contributed by atoms with Gasteiger partial charge in [0.2, 0.25) is 5.91 Å². The largest absolute Gasteiger partial charge is 0.452 e. The quantitative estimate of drug-likeness (QED) is 0.197. The Morgan fingerprint density at radius 3 is 2.28 bits per heavy atom. The Balaban J connectivity index is 1.81. The van der Waals surface area contributed by atoms with E-state index in [1.165, 1.54) is 0 Å². The molecule has 1 aliphatic rings. The number of benzene rings is 2. The third-order valence-electron chi connectivity index (χ3n) is 5.66. The van der Waals surface area contributed by atoms with E-state index < -0.39 is 54.2 Å². The molecule has 4 N–H and O–H groups in total. The molecule has 0 aliphatic carbocycles. The van der Waals surface area contributed by atoms with Crippen molar-refractivity contribution in [3.05, 3.63) is 70.8 Å². The van der Waals surface area contributed by atoms with Crippen molar-refractivity contribution in [2.75, 3.05) is 26.8 Å². The second-order valence-corrected chi connectivity index (χ2v) is 8.57. The van der Waals surface area contributed by atoms with Crippen molar-refractivity contribution in [1.29, 1.82) is 0 Å². The number of amides is 2. The van der Waals surface area contributed by atoms with Crippen molar-refractivity contribution in [1.82, 2.24) is 15.6 Å². The van der Waals surface area contributed by atoms with E-state index in [4.69, 9.17) is 10.5 Å². The standard InChI is InChI=1S/C24H25F6N5O4/c1-38-22(37)34-33-19(31)10-35-11-20(36)32-18(21(35)15-5-3-2-4-6-15)13-39-12-14-7-16(23(25,26)27)9-17(8-14)24(28,29)30/h2-9,18,21H,10-13H2,1H3,(H2,31,33)(H,32,36)(H,34,37)/t18-,21+/m1/s1. The lowest BCUT2D eigenvalue weighted by Crippen LogP contribution is -2.58. The number of nitrogens with one attached hydrogen (secondary N) is 2. The monoisotopic (exact) mass is 561 g/mol. The average Bonchev–Trinajstić information content (AvgIpc) is 2.86. The van der Waals surface area contributed by atoms with Crippen LogP contribution in [0.5, 0.6) is 0 Å². The van der Waals surface area contributed by atoms with Gasteiger partial charge in [0.25, 0.3) is 0 Å². The van der Waals surface area contributed by atoms with Gasteiger partial charge in [0.15, 0.2) is 0 Å². The second-order valence-electron chi connectivity index (χ2n) is 8.57. The summed E-state index contributed by atoms with van der Waals surface area (Å²) in [5.74, 6) is -0.484. The Morgan fingerprint density at radius 2 is 1.72 bits per heavy atom. The predicted molar refractivity (Wildman–Crippen MR) is 126 cm³/mol. The van der Waals surface area contributed by atoms with Gasteiger partial charge in [-0.3, -0.25) is 9.69 Å². The number of piperazine rings is 1. The van der Waals surface area contributed by atoms with Gasteiger partial charge in [-0.25, -0.2) is 10.2 Å². The van der Waals surface area contributed by atoms with Crippen LogP contribution in [0, 0.1) is 0 Å². The molecule has 15 heteroatoms. The highest BCUT2D eigenvalue weighted by atomic mass is 19.4. The van der Waals surface area contributed by atoms with E-state index in [2.05, 4.69) is 20.6 Å². The molecule has 39 heavy (non-hydrogen) atoms. The van der Waals surface area contributed by atoms with Crippen LogP contribution in [-0.4, -0.2) is 55.6 Å². The molecule has 1 heterocycles. The van der Waals surface area contributed by atoms with Crippen molar-refractivity contribution in [3.63, 3.8) is 0 Å². The summed E-state index contributed by atoms with van der Waals surface area (Å²) in [5, 5.41) is 6.46. The number of halogens is 6. The van der Waals surface area contributed by atoms with Gasteiger partial charge in [0.1, 0.15) is 5.84 Å². The van der Waals surface area contributed by atoms with Gasteiger partial charge in [-0.2, -0.15) is 31.4 Å². The molecular formula is C24H25F6N5O4. The SMILES string of the molecule is COC(=O)N/N=C(\N)CN1CC(=O)N[C@H](COCc2cc(C(F)(F)F)cc(C(F)(F)F)c2)[C@@H]1c1ccccc1. The minimum Gasteiger partial charge on any atom is -0.452 e. The molecule has 1 fully saturated rings. The number of hydrazone groups is 1. The number of ether oxygens (including phenoxy) is 2. The number of nitrogens with two attached hydrogens (primary N) is 1. The van der Waals surface area contributed by atoms with Gasteiger partial charge in [0, 0.05) is 0 Å². The van der Waals surface area contributed by atoms with Gasteiger partial charge in [0.05, 0.1) is 56.6 Å². The molecule has 212 valence electrons. The zero-order valence-electron chi connectivity index (χ0n) is 20.5. The van der Waals surface area contributed by atoms with E-state index >= 15 is 0 Å². The lowest BCUT2D eigenvalue weighted by atomic mass is 9.95. The number of alkyl halides is 6. The number of hydrogen-bond donors (Lipinski definition) is 3. The van der Waals surface area contributed by atoms with E-state index in [1.54, 1.807) is 35.2 Å². The van der Waals surface area contributed by atoms with Crippen LogP contribution in [0.2, 0.25) is 0 Å². The smallest absolute Gasteiger partial charge is 0.427 e. The Labute approximate surface area is 218 Å². The van der Waals surface area contributed by atoms with Gasteiger partial charge >= 0.3 is 18.4 Å². The van der Waals surface area contributed by atoms with Crippen molar-refractivity contribution in [3.8, 4) is 0 Å². The topological polar surface area (TPSA) is 118 Å². The van der Waals surface area contributed by atoms with Crippen molar-refractivity contribution in [2.24, 2.45) is 10.8 Å². The lowest BCUT2D eigenvalue weighted by molar-refractivity contribution is -0.143. The van der Waals surface area contributed by atoms with Gasteiger partial charge in [-0.15, -0.1) is 0 Å². The number of nitrogens with zero attached hydrogens (tertiary/aromatic N) is 2. The summed E-state index contributed by atoms with van der Waals surface area (Å²) in [6.45, 7) is -1.02. The molecule has 0 aromatic heterocycles. The third kappa shape index (κ3) is 8.32. The van der Waals surface area contributed by atoms with Crippen LogP contribution >= 0.6 is 0 Å². The van der Waals surface area contributed by atoms with Gasteiger partial charge in [-0.1, -0.05) is 30.3 Å². The summed E-state index contributed by atoms with van der Waals surface area (Å²) >= 11 is 0. The first-order valence-corrected chi connectivity index (χ1v) is 11.4. The summed E-state index contributed by atoms with van der Waals surface area (Å²) in [6, 6.07) is 8.68. The Kier molecular flexibility index (Phi) is 9.40. The highest BCUT2D eigenvalue weighted by Crippen LogP contribution is 2.36. The first-order valence-electron chi connectivity index (χ1n) is 11.4. The molecule has 2 aromatic rings. The van der Waals surface area contributed by atoms with Crippen LogP contribution in [0.25, 0.3) is 0 Å². The van der Waals surface area contributed by atoms with Crippen molar-refractivity contribution in [2.45, 2.75) is 31.0 Å². The number of amidine groups is 1. The number of carbonyl (C=O) groups is 2. The summed E-state index contributed by atoms with van der Waals surface area (Å²) in [5.41, 5.74) is 5.45. The Bertz CT molecular complexity index is 1160. The van der Waals surface area contributed by atoms with Gasteiger partial charge < -0.3 is 20.5 Å². The van der Waals surface area contributed by atoms with Crippen molar-refractivity contribution >= 4 is 17.8 Å². The summed E-state index contributed by atoms with van der Waals surface area (Å²) < 4.78 is 89.1. The van der Waals surface area contributed by atoms with Crippen LogP contribution in [0.1, 0.15) is 28.3 Å². The van der Waals surface area contributed by atoms with E-state index in [9.17, 15) is 35.9 Å². The molecular weight excluding hydrogens is 536 g/mol. The first kappa shape index (κ1) is 29.7. The minimum atomic E-state index is -4.99. The maximum atomic E-state index is 13.2. The van der Waals surface area contributed by atoms with E-state index in [-0.39, 0.29) is 37.2 Å². The predicted octanol–water partition coefficient (Wildman–Crippen LogP) is 3.41. The fourth-order valence-electron chi connectivity index (χ4n) is 4.06. The van der Waals surface area contributed by atoms with E-state index in [0.717, 1.165) is 12.7 Å². The molecule has 2 amide bonds. The zero-order valence-corrected chi connectivity index (χ0v) is 20.5. The van der Waals surface area contributed by atoms with Gasteiger partial charge in [-0.05, 0) is 29.3 Å². The second kappa shape index (κ2) is 12.3. The normalized spacial score (nSPS) is 18.9. The summed E-state index contributed by atoms with van der Waals surface area (Å²) in [7, 11) is 1.13. The molecule has 0 unspecified atom stereocenters. The molecule has 2 aromatic carbocycles. The molecule has 0 radical (unpaired) electrons. The number of rotatable bonds is 8. The molecule has 2 atom stereocenters. The summed E-state index contributed by atoms with van der Waals surface area (Å²) in [4.78, 5) is 25.4. The highest BCUT2D eigenvalue weighted by molar-refractivity contribution is 5.85. The summed E-state index contributed by atoms with van der Waals surface area (Å²) in [6.07, 6.45) is -10.8. The molecule has 0 bridgehead atoms. The molecule has 9 nitrogen and oxygen atoms in total. The Hall–Kier alpha value is -3.85.